The smallest absolute Gasteiger partial charge is 0.336 e. The summed E-state index contributed by atoms with van der Waals surface area (Å²) in [5.74, 6) is -1.12. The van der Waals surface area contributed by atoms with E-state index < -0.39 is 5.97 Å². The number of hydrogen-bond acceptors (Lipinski definition) is 2. The molecule has 0 spiro atoms. The largest absolute Gasteiger partial charge is 0.478 e. The van der Waals surface area contributed by atoms with Crippen LogP contribution in [0.2, 0.25) is 0 Å². The van der Waals surface area contributed by atoms with Crippen LogP contribution in [0.3, 0.4) is 0 Å². The second kappa shape index (κ2) is 3.93. The highest BCUT2D eigenvalue weighted by Crippen LogP contribution is 2.23. The van der Waals surface area contributed by atoms with Crippen molar-refractivity contribution in [2.24, 2.45) is 5.11 Å². The summed E-state index contributed by atoms with van der Waals surface area (Å²) in [4.78, 5) is 13.2. The van der Waals surface area contributed by atoms with Crippen molar-refractivity contribution in [1.82, 2.24) is 0 Å². The molecule has 0 aromatic heterocycles. The van der Waals surface area contributed by atoms with E-state index in [1.807, 2.05) is 0 Å². The zero-order valence-electron chi connectivity index (χ0n) is 6.31. The fourth-order valence-corrected chi connectivity index (χ4v) is 1.18. The molecule has 0 fully saturated rings. The van der Waals surface area contributed by atoms with Gasteiger partial charge in [0.05, 0.1) is 11.3 Å². The van der Waals surface area contributed by atoms with Crippen molar-refractivity contribution in [3.63, 3.8) is 0 Å². The third kappa shape index (κ3) is 2.21. The lowest BCUT2D eigenvalue weighted by Gasteiger charge is -1.99. The van der Waals surface area contributed by atoms with Crippen LogP contribution in [0.15, 0.2) is 27.8 Å². The normalized spacial score (nSPS) is 9.00. The first-order valence-electron chi connectivity index (χ1n) is 3.23. The average Bonchev–Trinajstić information content (AvgIpc) is 2.08. The number of hydrogen-bond donors (Lipinski definition) is 1. The predicted molar refractivity (Wildman–Crippen MR) is 49.9 cm³/mol. The molecule has 5 nitrogen and oxygen atoms in total. The van der Waals surface area contributed by atoms with Gasteiger partial charge < -0.3 is 5.11 Å². The monoisotopic (exact) mass is 241 g/mol. The summed E-state index contributed by atoms with van der Waals surface area (Å²) in [5, 5.41) is 12.0. The van der Waals surface area contributed by atoms with Crippen LogP contribution in [0.25, 0.3) is 10.4 Å². The number of halogens is 1. The van der Waals surface area contributed by atoms with Crippen LogP contribution in [0, 0.1) is 0 Å². The Morgan fingerprint density at radius 2 is 2.31 bits per heavy atom. The summed E-state index contributed by atoms with van der Waals surface area (Å²) >= 11 is 3.12. The van der Waals surface area contributed by atoms with Crippen LogP contribution >= 0.6 is 15.9 Å². The summed E-state index contributed by atoms with van der Waals surface area (Å²) in [6.45, 7) is 0. The van der Waals surface area contributed by atoms with E-state index >= 15 is 0 Å². The minimum atomic E-state index is -1.12. The molecular formula is C7H4BrN3O2. The molecule has 0 radical (unpaired) electrons. The van der Waals surface area contributed by atoms with E-state index in [9.17, 15) is 4.79 Å². The van der Waals surface area contributed by atoms with Gasteiger partial charge in [-0.05, 0) is 17.7 Å². The number of azide groups is 1. The fraction of sp³-hybridized carbons (Fsp3) is 0. The minimum absolute atomic E-state index is 0.0211. The van der Waals surface area contributed by atoms with Crippen molar-refractivity contribution in [3.05, 3.63) is 38.7 Å². The molecule has 0 saturated heterocycles. The van der Waals surface area contributed by atoms with Gasteiger partial charge in [0.2, 0.25) is 0 Å². The van der Waals surface area contributed by atoms with E-state index in [0.717, 1.165) is 0 Å². The van der Waals surface area contributed by atoms with E-state index in [2.05, 4.69) is 26.0 Å². The zero-order chi connectivity index (χ0) is 9.84. The van der Waals surface area contributed by atoms with Crippen molar-refractivity contribution in [2.75, 3.05) is 0 Å². The standard InChI is InChI=1S/C7H4BrN3O2/c8-4-1-2-6(10-11-9)5(3-4)7(12)13/h1-3H,(H,12,13). The summed E-state index contributed by atoms with van der Waals surface area (Å²) in [6, 6.07) is 4.43. The molecule has 0 saturated carbocycles. The third-order valence-electron chi connectivity index (χ3n) is 1.34. The Morgan fingerprint density at radius 1 is 1.62 bits per heavy atom. The van der Waals surface area contributed by atoms with Crippen molar-refractivity contribution >= 4 is 27.6 Å². The maximum Gasteiger partial charge on any atom is 0.336 e. The Balaban J connectivity index is 3.34. The lowest BCUT2D eigenvalue weighted by Crippen LogP contribution is -1.95. The van der Waals surface area contributed by atoms with Crippen molar-refractivity contribution in [1.29, 1.82) is 0 Å². The highest BCUT2D eigenvalue weighted by molar-refractivity contribution is 9.10. The lowest BCUT2D eigenvalue weighted by atomic mass is 10.2. The van der Waals surface area contributed by atoms with Crippen LogP contribution in [0.4, 0.5) is 5.69 Å². The first-order chi connectivity index (χ1) is 6.15. The first-order valence-corrected chi connectivity index (χ1v) is 4.02. The molecule has 0 heterocycles. The maximum absolute atomic E-state index is 10.6. The van der Waals surface area contributed by atoms with Crippen LogP contribution in [-0.4, -0.2) is 11.1 Å². The second-order valence-electron chi connectivity index (χ2n) is 2.16. The van der Waals surface area contributed by atoms with Gasteiger partial charge in [-0.25, -0.2) is 4.79 Å². The van der Waals surface area contributed by atoms with Gasteiger partial charge in [-0.1, -0.05) is 27.1 Å². The van der Waals surface area contributed by atoms with Gasteiger partial charge >= 0.3 is 5.97 Å². The van der Waals surface area contributed by atoms with E-state index in [1.165, 1.54) is 12.1 Å². The summed E-state index contributed by atoms with van der Waals surface area (Å²) < 4.78 is 0.627. The first kappa shape index (κ1) is 9.57. The molecule has 1 rings (SSSR count). The van der Waals surface area contributed by atoms with Crippen molar-refractivity contribution in [3.8, 4) is 0 Å². The van der Waals surface area contributed by atoms with Gasteiger partial charge in [-0.2, -0.15) is 0 Å². The quantitative estimate of drug-likeness (QED) is 0.490. The SMILES string of the molecule is [N-]=[N+]=Nc1ccc(Br)cc1C(=O)O. The third-order valence-corrected chi connectivity index (χ3v) is 1.83. The maximum atomic E-state index is 10.6. The Labute approximate surface area is 81.8 Å². The van der Waals surface area contributed by atoms with E-state index in [4.69, 9.17) is 10.6 Å². The van der Waals surface area contributed by atoms with Gasteiger partial charge in [-0.15, -0.1) is 0 Å². The Bertz CT molecular complexity index is 399. The second-order valence-corrected chi connectivity index (χ2v) is 3.07. The van der Waals surface area contributed by atoms with Gasteiger partial charge in [0.1, 0.15) is 0 Å². The predicted octanol–water partition coefficient (Wildman–Crippen LogP) is 3.09. The van der Waals surface area contributed by atoms with Crippen LogP contribution in [0.5, 0.6) is 0 Å². The van der Waals surface area contributed by atoms with Crippen LogP contribution < -0.4 is 0 Å². The van der Waals surface area contributed by atoms with Crippen molar-refractivity contribution < 1.29 is 9.90 Å². The molecule has 0 aliphatic heterocycles. The Hall–Kier alpha value is -1.52. The molecule has 13 heavy (non-hydrogen) atoms. The van der Waals surface area contributed by atoms with Gasteiger partial charge in [0.25, 0.3) is 0 Å². The van der Waals surface area contributed by atoms with Gasteiger partial charge in [-0.3, -0.25) is 0 Å². The van der Waals surface area contributed by atoms with Crippen LogP contribution in [-0.2, 0) is 0 Å². The van der Waals surface area contributed by atoms with E-state index in [0.29, 0.717) is 4.47 Å². The molecule has 0 bridgehead atoms. The minimum Gasteiger partial charge on any atom is -0.478 e. The molecule has 1 aromatic carbocycles. The molecule has 6 heteroatoms. The number of carboxylic acids is 1. The number of rotatable bonds is 2. The van der Waals surface area contributed by atoms with Crippen LogP contribution in [0.1, 0.15) is 10.4 Å². The molecule has 66 valence electrons. The molecule has 1 N–H and O–H groups in total. The summed E-state index contributed by atoms with van der Waals surface area (Å²) in [5.41, 5.74) is 8.24. The number of carboxylic acid groups (broad SMARTS) is 1. The Kier molecular flexibility index (Phi) is 2.89. The summed E-state index contributed by atoms with van der Waals surface area (Å²) in [7, 11) is 0. The van der Waals surface area contributed by atoms with Gasteiger partial charge in [0, 0.05) is 9.38 Å². The topological polar surface area (TPSA) is 86.1 Å². The average molecular weight is 242 g/mol. The number of nitrogens with zero attached hydrogens (tertiary/aromatic N) is 3. The number of aromatic carboxylic acids is 1. The molecule has 0 aliphatic rings. The highest BCUT2D eigenvalue weighted by atomic mass is 79.9. The molecule has 0 aliphatic carbocycles. The summed E-state index contributed by atoms with van der Waals surface area (Å²) in [6.07, 6.45) is 0. The van der Waals surface area contributed by atoms with Crippen molar-refractivity contribution in [2.45, 2.75) is 0 Å². The molecule has 0 atom stereocenters. The van der Waals surface area contributed by atoms with E-state index in [-0.39, 0.29) is 11.3 Å². The highest BCUT2D eigenvalue weighted by Gasteiger charge is 2.08. The molecular weight excluding hydrogens is 238 g/mol. The molecule has 1 aromatic rings. The zero-order valence-corrected chi connectivity index (χ0v) is 7.89. The van der Waals surface area contributed by atoms with E-state index in [1.54, 1.807) is 6.07 Å². The fourth-order valence-electron chi connectivity index (χ4n) is 0.815. The Morgan fingerprint density at radius 3 is 2.85 bits per heavy atom. The number of benzene rings is 1. The van der Waals surface area contributed by atoms with Gasteiger partial charge in [0.15, 0.2) is 0 Å². The molecule has 0 amide bonds. The number of carbonyl (C=O) groups is 1. The lowest BCUT2D eigenvalue weighted by molar-refractivity contribution is 0.0698. The molecule has 0 unspecified atom stereocenters.